The fourth-order valence-corrected chi connectivity index (χ4v) is 5.99. The van der Waals surface area contributed by atoms with Gasteiger partial charge in [-0.2, -0.15) is 11.8 Å². The maximum atomic E-state index is 12.6. The lowest BCUT2D eigenvalue weighted by atomic mass is 10.0. The number of carbonyl (C=O) groups is 1. The molecule has 1 fully saturated rings. The molecule has 0 aliphatic heterocycles. The Morgan fingerprint density at radius 2 is 2.00 bits per heavy atom. The van der Waals surface area contributed by atoms with Crippen molar-refractivity contribution in [3.63, 3.8) is 0 Å². The van der Waals surface area contributed by atoms with Crippen LogP contribution in [-0.4, -0.2) is 44.2 Å². The van der Waals surface area contributed by atoms with Crippen LogP contribution in [0.2, 0.25) is 5.02 Å². The van der Waals surface area contributed by atoms with Crippen molar-refractivity contribution in [3.05, 3.63) is 28.8 Å². The van der Waals surface area contributed by atoms with Crippen LogP contribution >= 0.6 is 23.4 Å². The second kappa shape index (κ2) is 10.0. The molecule has 0 saturated heterocycles. The van der Waals surface area contributed by atoms with Crippen molar-refractivity contribution >= 4 is 45.0 Å². The molecule has 152 valence electrons. The van der Waals surface area contributed by atoms with Gasteiger partial charge in [0.2, 0.25) is 15.9 Å². The molecular weight excluding hydrogens is 404 g/mol. The van der Waals surface area contributed by atoms with Crippen molar-refractivity contribution in [2.45, 2.75) is 57.2 Å². The summed E-state index contributed by atoms with van der Waals surface area (Å²) >= 11 is 7.95. The zero-order valence-corrected chi connectivity index (χ0v) is 18.6. The summed E-state index contributed by atoms with van der Waals surface area (Å²) in [6.45, 7) is 3.94. The predicted octanol–water partition coefficient (Wildman–Crippen LogP) is 3.99. The highest BCUT2D eigenvalue weighted by Crippen LogP contribution is 2.29. The summed E-state index contributed by atoms with van der Waals surface area (Å²) in [6.07, 6.45) is 7.54. The van der Waals surface area contributed by atoms with Gasteiger partial charge in [0.15, 0.2) is 0 Å². The highest BCUT2D eigenvalue weighted by Gasteiger charge is 2.30. The van der Waals surface area contributed by atoms with Gasteiger partial charge in [0, 0.05) is 22.6 Å². The van der Waals surface area contributed by atoms with Gasteiger partial charge in [0.25, 0.3) is 0 Å². The minimum atomic E-state index is -3.64. The van der Waals surface area contributed by atoms with Crippen LogP contribution in [0.3, 0.4) is 0 Å². The number of hydrogen-bond acceptors (Lipinski definition) is 4. The molecule has 8 heteroatoms. The Bertz CT molecular complexity index is 749. The molecule has 1 N–H and O–H groups in total. The highest BCUT2D eigenvalue weighted by molar-refractivity contribution is 7.99. The SMILES string of the molecule is Cc1ccc(Cl)cc1N([C@@H](C)C(=O)NCCSC1CCCCC1)S(C)(=O)=O. The van der Waals surface area contributed by atoms with Crippen LogP contribution in [0, 0.1) is 6.92 Å². The molecule has 1 aliphatic carbocycles. The third kappa shape index (κ3) is 6.57. The van der Waals surface area contributed by atoms with E-state index in [1.807, 2.05) is 11.8 Å². The number of nitrogens with one attached hydrogen (secondary N) is 1. The van der Waals surface area contributed by atoms with E-state index in [0.717, 1.165) is 21.9 Å². The standard InChI is InChI=1S/C19H29ClN2O3S2/c1-14-9-10-16(20)13-18(14)22(27(3,24)25)15(2)19(23)21-11-12-26-17-7-5-4-6-8-17/h9-10,13,15,17H,4-8,11-12H2,1-3H3,(H,21,23)/t15-/m0/s1. The molecule has 1 saturated carbocycles. The highest BCUT2D eigenvalue weighted by atomic mass is 35.5. The second-order valence-electron chi connectivity index (χ2n) is 7.09. The Morgan fingerprint density at radius 3 is 2.63 bits per heavy atom. The molecule has 5 nitrogen and oxygen atoms in total. The molecule has 0 bridgehead atoms. The molecule has 0 heterocycles. The maximum absolute atomic E-state index is 12.6. The zero-order valence-electron chi connectivity index (χ0n) is 16.2. The lowest BCUT2D eigenvalue weighted by Gasteiger charge is -2.29. The number of thioether (sulfide) groups is 1. The van der Waals surface area contributed by atoms with E-state index >= 15 is 0 Å². The Hall–Kier alpha value is -0.920. The number of amides is 1. The van der Waals surface area contributed by atoms with Gasteiger partial charge in [0.05, 0.1) is 11.9 Å². The third-order valence-corrected chi connectivity index (χ3v) is 7.65. The van der Waals surface area contributed by atoms with Crippen LogP contribution in [0.4, 0.5) is 5.69 Å². The van der Waals surface area contributed by atoms with E-state index in [9.17, 15) is 13.2 Å². The fourth-order valence-electron chi connectivity index (χ4n) is 3.38. The maximum Gasteiger partial charge on any atom is 0.243 e. The molecule has 0 aromatic heterocycles. The number of hydrogen-bond donors (Lipinski definition) is 1. The number of aryl methyl sites for hydroxylation is 1. The smallest absolute Gasteiger partial charge is 0.243 e. The average molecular weight is 433 g/mol. The quantitative estimate of drug-likeness (QED) is 0.631. The topological polar surface area (TPSA) is 66.5 Å². The molecule has 1 aromatic carbocycles. The Balaban J connectivity index is 1.99. The molecule has 1 aliphatic rings. The predicted molar refractivity (Wildman–Crippen MR) is 115 cm³/mol. The van der Waals surface area contributed by atoms with Crippen molar-refractivity contribution in [3.8, 4) is 0 Å². The van der Waals surface area contributed by atoms with Crippen LogP contribution in [0.25, 0.3) is 0 Å². The first-order valence-corrected chi connectivity index (χ1v) is 12.6. The molecule has 1 atom stereocenters. The van der Waals surface area contributed by atoms with Crippen LogP contribution in [0.1, 0.15) is 44.6 Å². The lowest BCUT2D eigenvalue weighted by Crippen LogP contribution is -2.48. The molecule has 0 spiro atoms. The number of benzene rings is 1. The second-order valence-corrected chi connectivity index (χ2v) is 10.8. The number of rotatable bonds is 8. The first-order chi connectivity index (χ1) is 12.7. The zero-order chi connectivity index (χ0) is 20.0. The molecule has 1 aromatic rings. The van der Waals surface area contributed by atoms with Gasteiger partial charge < -0.3 is 5.32 Å². The summed E-state index contributed by atoms with van der Waals surface area (Å²) in [5.41, 5.74) is 1.18. The molecular formula is C19H29ClN2O3S2. The van der Waals surface area contributed by atoms with E-state index in [0.29, 0.717) is 22.5 Å². The summed E-state index contributed by atoms with van der Waals surface area (Å²) in [5.74, 6) is 0.544. The van der Waals surface area contributed by atoms with Gasteiger partial charge in [-0.05, 0) is 44.4 Å². The van der Waals surface area contributed by atoms with Gasteiger partial charge in [-0.25, -0.2) is 8.42 Å². The average Bonchev–Trinajstić information content (AvgIpc) is 2.61. The lowest BCUT2D eigenvalue weighted by molar-refractivity contribution is -0.121. The van der Waals surface area contributed by atoms with Crippen molar-refractivity contribution in [1.82, 2.24) is 5.32 Å². The number of nitrogens with zero attached hydrogens (tertiary/aromatic N) is 1. The number of carbonyl (C=O) groups excluding carboxylic acids is 1. The molecule has 1 amide bonds. The summed E-state index contributed by atoms with van der Waals surface area (Å²) in [5, 5.41) is 4.00. The fraction of sp³-hybridized carbons (Fsp3) is 0.632. The first kappa shape index (κ1) is 22.4. The molecule has 0 radical (unpaired) electrons. The van der Waals surface area contributed by atoms with Crippen molar-refractivity contribution in [2.24, 2.45) is 0 Å². The summed E-state index contributed by atoms with van der Waals surface area (Å²) in [6, 6.07) is 4.19. The minimum Gasteiger partial charge on any atom is -0.353 e. The molecule has 0 unspecified atom stereocenters. The van der Waals surface area contributed by atoms with E-state index in [1.165, 1.54) is 32.1 Å². The Morgan fingerprint density at radius 1 is 1.33 bits per heavy atom. The van der Waals surface area contributed by atoms with Crippen molar-refractivity contribution < 1.29 is 13.2 Å². The van der Waals surface area contributed by atoms with Gasteiger partial charge in [-0.15, -0.1) is 0 Å². The van der Waals surface area contributed by atoms with Crippen molar-refractivity contribution in [2.75, 3.05) is 22.9 Å². The summed E-state index contributed by atoms with van der Waals surface area (Å²) < 4.78 is 25.9. The largest absolute Gasteiger partial charge is 0.353 e. The first-order valence-electron chi connectivity index (χ1n) is 9.35. The monoisotopic (exact) mass is 432 g/mol. The normalized spacial score (nSPS) is 16.7. The minimum absolute atomic E-state index is 0.302. The van der Waals surface area contributed by atoms with Gasteiger partial charge in [-0.1, -0.05) is 36.9 Å². The van der Waals surface area contributed by atoms with Crippen molar-refractivity contribution in [1.29, 1.82) is 0 Å². The van der Waals surface area contributed by atoms with Gasteiger partial charge >= 0.3 is 0 Å². The van der Waals surface area contributed by atoms with Crippen LogP contribution in [0.15, 0.2) is 18.2 Å². The van der Waals surface area contributed by atoms with Crippen LogP contribution < -0.4 is 9.62 Å². The van der Waals surface area contributed by atoms with E-state index in [4.69, 9.17) is 11.6 Å². The van der Waals surface area contributed by atoms with E-state index in [1.54, 1.807) is 32.0 Å². The Kier molecular flexibility index (Phi) is 8.31. The molecule has 27 heavy (non-hydrogen) atoms. The summed E-state index contributed by atoms with van der Waals surface area (Å²) in [7, 11) is -3.64. The molecule has 2 rings (SSSR count). The number of anilines is 1. The van der Waals surface area contributed by atoms with E-state index < -0.39 is 16.1 Å². The van der Waals surface area contributed by atoms with Crippen LogP contribution in [0.5, 0.6) is 0 Å². The van der Waals surface area contributed by atoms with Gasteiger partial charge in [0.1, 0.15) is 6.04 Å². The number of sulfonamides is 1. The summed E-state index contributed by atoms with van der Waals surface area (Å²) in [4.78, 5) is 12.6. The number of halogens is 1. The van der Waals surface area contributed by atoms with E-state index in [-0.39, 0.29) is 5.91 Å². The van der Waals surface area contributed by atoms with Crippen LogP contribution in [-0.2, 0) is 14.8 Å². The van der Waals surface area contributed by atoms with Gasteiger partial charge in [-0.3, -0.25) is 9.10 Å². The third-order valence-electron chi connectivity index (χ3n) is 4.80. The Labute approximate surface area is 172 Å². The van der Waals surface area contributed by atoms with E-state index in [2.05, 4.69) is 5.32 Å².